The molecule has 1 rings (SSSR count). The Morgan fingerprint density at radius 2 is 2.00 bits per heavy atom. The molecule has 0 N–H and O–H groups in total. The van der Waals surface area contributed by atoms with Crippen LogP contribution in [0.25, 0.3) is 0 Å². The maximum Gasteiger partial charge on any atom is 0.237 e. The summed E-state index contributed by atoms with van der Waals surface area (Å²) in [5, 5.41) is 0. The van der Waals surface area contributed by atoms with Crippen LogP contribution in [0.5, 0.6) is 0 Å². The van der Waals surface area contributed by atoms with Gasteiger partial charge in [0.2, 0.25) is 11.8 Å². The van der Waals surface area contributed by atoms with E-state index in [1.165, 1.54) is 11.8 Å². The summed E-state index contributed by atoms with van der Waals surface area (Å²) in [6, 6.07) is 0.0486. The molecule has 0 bridgehead atoms. The van der Waals surface area contributed by atoms with Crippen LogP contribution < -0.4 is 0 Å². The molecule has 1 unspecified atom stereocenters. The molecule has 0 spiro atoms. The Balaban J connectivity index is 2.81. The molecule has 0 aliphatic carbocycles. The van der Waals surface area contributed by atoms with Crippen molar-refractivity contribution in [1.82, 2.24) is 4.90 Å². The molecule has 1 saturated heterocycles. The quantitative estimate of drug-likeness (QED) is 0.485. The fourth-order valence-corrected chi connectivity index (χ4v) is 1.34. The average Bonchev–Trinajstić information content (AvgIpc) is 1.87. The number of hydrogen-bond donors (Lipinski definition) is 0. The van der Waals surface area contributed by atoms with E-state index in [2.05, 4.69) is 0 Å². The van der Waals surface area contributed by atoms with E-state index in [1.807, 2.05) is 20.8 Å². The molecular formula is C8H13NO2. The zero-order valence-corrected chi connectivity index (χ0v) is 7.34. The molecule has 2 amide bonds. The van der Waals surface area contributed by atoms with Crippen molar-refractivity contribution in [1.29, 1.82) is 0 Å². The third-order valence-corrected chi connectivity index (χ3v) is 2.54. The Kier molecular flexibility index (Phi) is 1.54. The fourth-order valence-electron chi connectivity index (χ4n) is 1.34. The summed E-state index contributed by atoms with van der Waals surface area (Å²) in [6.07, 6.45) is 0. The fraction of sp³-hybridized carbons (Fsp3) is 0.750. The first-order valence-corrected chi connectivity index (χ1v) is 3.73. The van der Waals surface area contributed by atoms with Crippen LogP contribution >= 0.6 is 0 Å². The van der Waals surface area contributed by atoms with Crippen LogP contribution in [0.3, 0.4) is 0 Å². The molecule has 0 saturated carbocycles. The Morgan fingerprint density at radius 3 is 2.18 bits per heavy atom. The second kappa shape index (κ2) is 2.06. The summed E-state index contributed by atoms with van der Waals surface area (Å²) in [4.78, 5) is 23.4. The number of carbonyl (C=O) groups is 2. The third kappa shape index (κ3) is 0.870. The van der Waals surface area contributed by atoms with Crippen molar-refractivity contribution in [2.24, 2.45) is 5.41 Å². The predicted molar refractivity (Wildman–Crippen MR) is 40.8 cm³/mol. The molecule has 0 aromatic heterocycles. The molecular weight excluding hydrogens is 142 g/mol. The van der Waals surface area contributed by atoms with E-state index < -0.39 is 0 Å². The van der Waals surface area contributed by atoms with Crippen LogP contribution in [0, 0.1) is 5.41 Å². The van der Waals surface area contributed by atoms with Crippen molar-refractivity contribution in [3.8, 4) is 0 Å². The van der Waals surface area contributed by atoms with Crippen LogP contribution in [0.1, 0.15) is 27.7 Å². The van der Waals surface area contributed by atoms with Crippen molar-refractivity contribution in [3.63, 3.8) is 0 Å². The topological polar surface area (TPSA) is 37.4 Å². The molecule has 1 heterocycles. The van der Waals surface area contributed by atoms with Crippen LogP contribution in [0.4, 0.5) is 0 Å². The van der Waals surface area contributed by atoms with Crippen molar-refractivity contribution in [2.75, 3.05) is 0 Å². The van der Waals surface area contributed by atoms with Gasteiger partial charge in [0.25, 0.3) is 0 Å². The molecule has 3 nitrogen and oxygen atoms in total. The van der Waals surface area contributed by atoms with Crippen LogP contribution in [0.15, 0.2) is 0 Å². The van der Waals surface area contributed by atoms with Crippen molar-refractivity contribution in [2.45, 2.75) is 33.7 Å². The van der Waals surface area contributed by atoms with E-state index in [-0.39, 0.29) is 23.3 Å². The maximum absolute atomic E-state index is 11.2. The van der Waals surface area contributed by atoms with Gasteiger partial charge in [-0.25, -0.2) is 0 Å². The van der Waals surface area contributed by atoms with Gasteiger partial charge in [0, 0.05) is 6.92 Å². The molecule has 11 heavy (non-hydrogen) atoms. The second-order valence-corrected chi connectivity index (χ2v) is 3.59. The van der Waals surface area contributed by atoms with E-state index >= 15 is 0 Å². The molecule has 1 fully saturated rings. The standard InChI is InChI=1S/C8H13NO2/c1-5-8(3,4)7(11)9(5)6(2)10/h5H,1-4H3. The Bertz CT molecular complexity index is 220. The van der Waals surface area contributed by atoms with E-state index in [9.17, 15) is 9.59 Å². The van der Waals surface area contributed by atoms with Gasteiger partial charge < -0.3 is 0 Å². The van der Waals surface area contributed by atoms with E-state index in [4.69, 9.17) is 0 Å². The molecule has 3 heteroatoms. The first kappa shape index (κ1) is 8.24. The number of likely N-dealkylation sites (tertiary alicyclic amines) is 1. The number of nitrogens with zero attached hydrogens (tertiary/aromatic N) is 1. The molecule has 62 valence electrons. The lowest BCUT2D eigenvalue weighted by atomic mass is 9.75. The number of imide groups is 1. The van der Waals surface area contributed by atoms with Crippen molar-refractivity contribution < 1.29 is 9.59 Å². The maximum atomic E-state index is 11.2. The number of amides is 2. The Hall–Kier alpha value is -0.860. The zero-order valence-electron chi connectivity index (χ0n) is 7.34. The SMILES string of the molecule is CC(=O)N1C(=O)C(C)(C)C1C. The van der Waals surface area contributed by atoms with Gasteiger partial charge in [0.05, 0.1) is 11.5 Å². The van der Waals surface area contributed by atoms with Crippen LogP contribution in [0.2, 0.25) is 0 Å². The number of β-lactam (4-membered cyclic amide) rings is 1. The summed E-state index contributed by atoms with van der Waals surface area (Å²) in [5.41, 5.74) is -0.342. The summed E-state index contributed by atoms with van der Waals surface area (Å²) >= 11 is 0. The zero-order chi connectivity index (χ0) is 8.81. The van der Waals surface area contributed by atoms with Crippen molar-refractivity contribution in [3.05, 3.63) is 0 Å². The third-order valence-electron chi connectivity index (χ3n) is 2.54. The lowest BCUT2D eigenvalue weighted by Crippen LogP contribution is -2.66. The summed E-state index contributed by atoms with van der Waals surface area (Å²) in [7, 11) is 0. The highest BCUT2D eigenvalue weighted by atomic mass is 16.2. The predicted octanol–water partition coefficient (Wildman–Crippen LogP) is 0.790. The smallest absolute Gasteiger partial charge is 0.237 e. The minimum atomic E-state index is -0.342. The first-order valence-electron chi connectivity index (χ1n) is 3.73. The van der Waals surface area contributed by atoms with Gasteiger partial charge in [-0.05, 0) is 20.8 Å². The average molecular weight is 155 g/mol. The lowest BCUT2D eigenvalue weighted by Gasteiger charge is -2.49. The van der Waals surface area contributed by atoms with Gasteiger partial charge >= 0.3 is 0 Å². The van der Waals surface area contributed by atoms with Gasteiger partial charge in [-0.3, -0.25) is 14.5 Å². The lowest BCUT2D eigenvalue weighted by molar-refractivity contribution is -0.173. The molecule has 1 aliphatic rings. The minimum absolute atomic E-state index is 0.0486. The number of rotatable bonds is 0. The molecule has 0 aromatic rings. The summed E-state index contributed by atoms with van der Waals surface area (Å²) in [6.45, 7) is 7.03. The molecule has 0 radical (unpaired) electrons. The highest BCUT2D eigenvalue weighted by Crippen LogP contribution is 2.37. The van der Waals surface area contributed by atoms with Gasteiger partial charge in [-0.2, -0.15) is 0 Å². The van der Waals surface area contributed by atoms with Crippen LogP contribution in [-0.2, 0) is 9.59 Å². The summed E-state index contributed by atoms with van der Waals surface area (Å²) < 4.78 is 0. The first-order chi connectivity index (χ1) is 4.89. The highest BCUT2D eigenvalue weighted by molar-refractivity contribution is 6.02. The van der Waals surface area contributed by atoms with Gasteiger partial charge in [-0.1, -0.05) is 0 Å². The summed E-state index contributed by atoms with van der Waals surface area (Å²) in [5.74, 6) is -0.209. The number of carbonyl (C=O) groups excluding carboxylic acids is 2. The monoisotopic (exact) mass is 155 g/mol. The second-order valence-electron chi connectivity index (χ2n) is 3.59. The minimum Gasteiger partial charge on any atom is -0.278 e. The molecule has 1 atom stereocenters. The molecule has 1 aliphatic heterocycles. The van der Waals surface area contributed by atoms with Crippen LogP contribution in [-0.4, -0.2) is 22.8 Å². The van der Waals surface area contributed by atoms with Crippen molar-refractivity contribution >= 4 is 11.8 Å². The highest BCUT2D eigenvalue weighted by Gasteiger charge is 2.53. The molecule has 0 aromatic carbocycles. The normalized spacial score (nSPS) is 28.2. The van der Waals surface area contributed by atoms with E-state index in [1.54, 1.807) is 0 Å². The Labute approximate surface area is 66.4 Å². The van der Waals surface area contributed by atoms with E-state index in [0.717, 1.165) is 0 Å². The van der Waals surface area contributed by atoms with Gasteiger partial charge in [-0.15, -0.1) is 0 Å². The van der Waals surface area contributed by atoms with E-state index in [0.29, 0.717) is 0 Å². The van der Waals surface area contributed by atoms with Gasteiger partial charge in [0.15, 0.2) is 0 Å². The number of hydrogen-bond acceptors (Lipinski definition) is 2. The Morgan fingerprint density at radius 1 is 1.55 bits per heavy atom. The van der Waals surface area contributed by atoms with Gasteiger partial charge in [0.1, 0.15) is 0 Å². The largest absolute Gasteiger partial charge is 0.278 e.